The summed E-state index contributed by atoms with van der Waals surface area (Å²) < 4.78 is 0. The van der Waals surface area contributed by atoms with E-state index in [1.807, 2.05) is 19.9 Å². The Morgan fingerprint density at radius 1 is 1.44 bits per heavy atom. The molecule has 2 aromatic heterocycles. The van der Waals surface area contributed by atoms with Crippen molar-refractivity contribution in [2.24, 2.45) is 0 Å². The van der Waals surface area contributed by atoms with Gasteiger partial charge in [-0.2, -0.15) is 5.10 Å². The fraction of sp³-hybridized carbons (Fsp3) is 0.556. The molecule has 1 fully saturated rings. The van der Waals surface area contributed by atoms with Crippen LogP contribution in [0.25, 0.3) is 0 Å². The predicted molar refractivity (Wildman–Crippen MR) is 96.8 cm³/mol. The molecule has 1 amide bonds. The summed E-state index contributed by atoms with van der Waals surface area (Å²) in [5.41, 5.74) is 2.56. The van der Waals surface area contributed by atoms with Gasteiger partial charge < -0.3 is 10.2 Å². The maximum atomic E-state index is 12.6. The van der Waals surface area contributed by atoms with Crippen LogP contribution in [-0.2, 0) is 6.42 Å². The van der Waals surface area contributed by atoms with E-state index >= 15 is 0 Å². The summed E-state index contributed by atoms with van der Waals surface area (Å²) in [5.74, 6) is 1.12. The average Bonchev–Trinajstić information content (AvgIpc) is 3.12. The number of aromatic nitrogens is 4. The second kappa shape index (κ2) is 7.63. The van der Waals surface area contributed by atoms with Crippen LogP contribution in [0.1, 0.15) is 61.3 Å². The number of nitrogens with one attached hydrogen (secondary N) is 2. The minimum atomic E-state index is -0.0544. The highest BCUT2D eigenvalue weighted by atomic mass is 16.1. The molecule has 1 atom stereocenters. The predicted octanol–water partition coefficient (Wildman–Crippen LogP) is 2.28. The van der Waals surface area contributed by atoms with E-state index in [0.29, 0.717) is 5.56 Å². The van der Waals surface area contributed by atoms with Crippen LogP contribution in [-0.4, -0.2) is 45.2 Å². The molecule has 134 valence electrons. The Hall–Kier alpha value is -2.44. The molecule has 0 aromatic carbocycles. The van der Waals surface area contributed by atoms with Crippen molar-refractivity contribution in [3.05, 3.63) is 35.5 Å². The summed E-state index contributed by atoms with van der Waals surface area (Å²) in [4.78, 5) is 23.5. The zero-order valence-electron chi connectivity index (χ0n) is 15.1. The summed E-state index contributed by atoms with van der Waals surface area (Å²) in [6.45, 7) is 7.90. The number of nitrogens with zero attached hydrogens (tertiary/aromatic N) is 4. The van der Waals surface area contributed by atoms with Crippen molar-refractivity contribution in [2.45, 2.75) is 52.0 Å². The van der Waals surface area contributed by atoms with Gasteiger partial charge in [0.05, 0.1) is 17.5 Å². The third-order valence-electron chi connectivity index (χ3n) is 4.64. The molecule has 3 heterocycles. The van der Waals surface area contributed by atoms with Gasteiger partial charge in [0.25, 0.3) is 5.91 Å². The van der Waals surface area contributed by atoms with Gasteiger partial charge >= 0.3 is 0 Å². The number of rotatable bonds is 5. The monoisotopic (exact) mass is 342 g/mol. The molecule has 0 aliphatic carbocycles. The molecule has 1 saturated heterocycles. The van der Waals surface area contributed by atoms with Gasteiger partial charge in [-0.25, -0.2) is 9.97 Å². The molecule has 2 N–H and O–H groups in total. The molecule has 0 saturated carbocycles. The quantitative estimate of drug-likeness (QED) is 0.870. The van der Waals surface area contributed by atoms with Crippen LogP contribution in [0.3, 0.4) is 0 Å². The number of hydrogen-bond acceptors (Lipinski definition) is 5. The van der Waals surface area contributed by atoms with Crippen LogP contribution in [0.4, 0.5) is 5.82 Å². The fourth-order valence-electron chi connectivity index (χ4n) is 3.24. The molecule has 7 nitrogen and oxygen atoms in total. The van der Waals surface area contributed by atoms with Crippen LogP contribution in [0.15, 0.2) is 18.6 Å². The SMILES string of the molecule is CCc1cc(N2CCC[C@H](NC(=O)c3cn[nH]c3C(C)C)C2)ncn1. The lowest BCUT2D eigenvalue weighted by Gasteiger charge is -2.34. The van der Waals surface area contributed by atoms with Gasteiger partial charge in [-0.05, 0) is 25.2 Å². The summed E-state index contributed by atoms with van der Waals surface area (Å²) >= 11 is 0. The zero-order valence-corrected chi connectivity index (χ0v) is 15.1. The van der Waals surface area contributed by atoms with Gasteiger partial charge in [-0.15, -0.1) is 0 Å². The highest BCUT2D eigenvalue weighted by Gasteiger charge is 2.24. The number of anilines is 1. The van der Waals surface area contributed by atoms with Gasteiger partial charge in [-0.3, -0.25) is 9.89 Å². The van der Waals surface area contributed by atoms with E-state index in [-0.39, 0.29) is 17.9 Å². The maximum Gasteiger partial charge on any atom is 0.255 e. The number of aromatic amines is 1. The Labute approximate surface area is 148 Å². The van der Waals surface area contributed by atoms with Crippen LogP contribution >= 0.6 is 0 Å². The van der Waals surface area contributed by atoms with Gasteiger partial charge in [0.15, 0.2) is 0 Å². The molecule has 0 radical (unpaired) electrons. The highest BCUT2D eigenvalue weighted by Crippen LogP contribution is 2.20. The minimum Gasteiger partial charge on any atom is -0.354 e. The van der Waals surface area contributed by atoms with Gasteiger partial charge in [0, 0.05) is 30.9 Å². The second-order valence-corrected chi connectivity index (χ2v) is 6.83. The van der Waals surface area contributed by atoms with Crippen molar-refractivity contribution in [1.82, 2.24) is 25.5 Å². The highest BCUT2D eigenvalue weighted by molar-refractivity contribution is 5.95. The second-order valence-electron chi connectivity index (χ2n) is 6.83. The van der Waals surface area contributed by atoms with Crippen LogP contribution < -0.4 is 10.2 Å². The molecule has 0 bridgehead atoms. The van der Waals surface area contributed by atoms with E-state index in [0.717, 1.165) is 49.6 Å². The average molecular weight is 342 g/mol. The number of aryl methyl sites for hydroxylation is 1. The topological polar surface area (TPSA) is 86.8 Å². The van der Waals surface area contributed by atoms with E-state index in [1.54, 1.807) is 12.5 Å². The first kappa shape index (κ1) is 17.4. The zero-order chi connectivity index (χ0) is 17.8. The Kier molecular flexibility index (Phi) is 5.31. The van der Waals surface area contributed by atoms with Crippen molar-refractivity contribution >= 4 is 11.7 Å². The normalized spacial score (nSPS) is 17.8. The number of amides is 1. The van der Waals surface area contributed by atoms with Crippen molar-refractivity contribution in [2.75, 3.05) is 18.0 Å². The Morgan fingerprint density at radius 3 is 3.04 bits per heavy atom. The van der Waals surface area contributed by atoms with Crippen molar-refractivity contribution in [3.8, 4) is 0 Å². The lowest BCUT2D eigenvalue weighted by molar-refractivity contribution is 0.0932. The van der Waals surface area contributed by atoms with Gasteiger partial charge in [-0.1, -0.05) is 20.8 Å². The Morgan fingerprint density at radius 2 is 2.28 bits per heavy atom. The lowest BCUT2D eigenvalue weighted by Crippen LogP contribution is -2.48. The molecule has 2 aromatic rings. The van der Waals surface area contributed by atoms with Crippen molar-refractivity contribution < 1.29 is 4.79 Å². The van der Waals surface area contributed by atoms with Crippen molar-refractivity contribution in [1.29, 1.82) is 0 Å². The molecule has 0 spiro atoms. The molecule has 1 aliphatic heterocycles. The summed E-state index contributed by atoms with van der Waals surface area (Å²) in [6.07, 6.45) is 6.13. The first-order valence-electron chi connectivity index (χ1n) is 8.98. The first-order valence-corrected chi connectivity index (χ1v) is 8.98. The van der Waals surface area contributed by atoms with Gasteiger partial charge in [0.2, 0.25) is 0 Å². The standard InChI is InChI=1S/C18H26N6O/c1-4-13-8-16(20-11-19-13)24-7-5-6-14(10-24)22-18(25)15-9-21-23-17(15)12(2)3/h8-9,11-12,14H,4-7,10H2,1-3H3,(H,21,23)(H,22,25)/t14-/m0/s1. The molecule has 3 rings (SSSR count). The lowest BCUT2D eigenvalue weighted by atomic mass is 10.0. The number of carbonyl (C=O) groups is 1. The third-order valence-corrected chi connectivity index (χ3v) is 4.64. The Balaban J connectivity index is 1.67. The molecule has 0 unspecified atom stereocenters. The molecular weight excluding hydrogens is 316 g/mol. The maximum absolute atomic E-state index is 12.6. The van der Waals surface area contributed by atoms with E-state index < -0.39 is 0 Å². The first-order chi connectivity index (χ1) is 12.1. The van der Waals surface area contributed by atoms with E-state index in [9.17, 15) is 4.79 Å². The minimum absolute atomic E-state index is 0.0544. The van der Waals surface area contributed by atoms with Crippen molar-refractivity contribution in [3.63, 3.8) is 0 Å². The Bertz CT molecular complexity index is 726. The molecule has 1 aliphatic rings. The van der Waals surface area contributed by atoms with Crippen LogP contribution in [0.5, 0.6) is 0 Å². The smallest absolute Gasteiger partial charge is 0.255 e. The summed E-state index contributed by atoms with van der Waals surface area (Å²) in [7, 11) is 0. The molecule has 25 heavy (non-hydrogen) atoms. The summed E-state index contributed by atoms with van der Waals surface area (Å²) in [6, 6.07) is 2.15. The third kappa shape index (κ3) is 3.97. The number of piperidine rings is 1. The van der Waals surface area contributed by atoms with Crippen LogP contribution in [0.2, 0.25) is 0 Å². The molecule has 7 heteroatoms. The van der Waals surface area contributed by atoms with Gasteiger partial charge in [0.1, 0.15) is 12.1 Å². The van der Waals surface area contributed by atoms with E-state index in [2.05, 4.69) is 37.3 Å². The molecular formula is C18H26N6O. The largest absolute Gasteiger partial charge is 0.354 e. The van der Waals surface area contributed by atoms with E-state index in [1.165, 1.54) is 0 Å². The van der Waals surface area contributed by atoms with Crippen LogP contribution in [0, 0.1) is 0 Å². The van der Waals surface area contributed by atoms with E-state index in [4.69, 9.17) is 0 Å². The fourth-order valence-corrected chi connectivity index (χ4v) is 3.24. The number of carbonyl (C=O) groups excluding carboxylic acids is 1. The number of hydrogen-bond donors (Lipinski definition) is 2. The number of H-pyrrole nitrogens is 1. The summed E-state index contributed by atoms with van der Waals surface area (Å²) in [5, 5.41) is 10.1.